The van der Waals surface area contributed by atoms with Crippen molar-refractivity contribution < 1.29 is 31.8 Å². The van der Waals surface area contributed by atoms with Crippen molar-refractivity contribution in [3.63, 3.8) is 0 Å². The maximum absolute atomic E-state index is 12.9. The van der Waals surface area contributed by atoms with Crippen LogP contribution in [0.5, 0.6) is 5.75 Å². The van der Waals surface area contributed by atoms with Crippen molar-refractivity contribution in [3.05, 3.63) is 29.8 Å². The van der Waals surface area contributed by atoms with Crippen LogP contribution in [-0.4, -0.2) is 43.3 Å². The number of hydrazine groups is 1. The van der Waals surface area contributed by atoms with Crippen LogP contribution in [0.3, 0.4) is 0 Å². The highest BCUT2D eigenvalue weighted by atomic mass is 32.1. The van der Waals surface area contributed by atoms with Gasteiger partial charge in [0, 0.05) is 25.3 Å². The molecule has 0 saturated carbocycles. The minimum absolute atomic E-state index is 0.0841. The Morgan fingerprint density at radius 2 is 2.04 bits per heavy atom. The molecule has 0 spiro atoms. The number of rotatable bonds is 9. The molecule has 0 heterocycles. The number of hydrogen-bond acceptors (Lipinski definition) is 4. The van der Waals surface area contributed by atoms with E-state index >= 15 is 0 Å². The average Bonchev–Trinajstić information content (AvgIpc) is 2.59. The zero-order valence-electron chi connectivity index (χ0n) is 13.9. The molecule has 1 aromatic rings. The number of amides is 1. The Hall–Kier alpha value is -2.14. The fourth-order valence-electron chi connectivity index (χ4n) is 1.65. The standard InChI is InChI=1S/C15H19F4N3O3S/c1-2-24-8-4-7-20-14(26)22-21-12(23)10-5-3-6-11(9-10)25-15(18,19)13(16)17/h3,5-6,9,13H,2,4,7-8H2,1H3,(H,21,23)(H2,20,22,26). The van der Waals surface area contributed by atoms with Gasteiger partial charge in [-0.3, -0.25) is 15.6 Å². The molecular formula is C15H19F4N3O3S. The summed E-state index contributed by atoms with van der Waals surface area (Å²) in [6.45, 7) is 3.58. The Kier molecular flexibility index (Phi) is 9.07. The summed E-state index contributed by atoms with van der Waals surface area (Å²) in [4.78, 5) is 11.9. The quantitative estimate of drug-likeness (QED) is 0.257. The van der Waals surface area contributed by atoms with Gasteiger partial charge in [-0.15, -0.1) is 0 Å². The number of thiocarbonyl (C=S) groups is 1. The Balaban J connectivity index is 2.47. The van der Waals surface area contributed by atoms with E-state index in [0.29, 0.717) is 26.2 Å². The number of carbonyl (C=O) groups is 1. The number of alkyl halides is 4. The molecule has 0 fully saturated rings. The molecule has 1 aromatic carbocycles. The number of ether oxygens (including phenoxy) is 2. The van der Waals surface area contributed by atoms with Gasteiger partial charge in [0.25, 0.3) is 5.91 Å². The van der Waals surface area contributed by atoms with Crippen molar-refractivity contribution in [2.45, 2.75) is 25.9 Å². The number of halogens is 4. The first-order valence-corrected chi connectivity index (χ1v) is 8.04. The lowest BCUT2D eigenvalue weighted by molar-refractivity contribution is -0.253. The first kappa shape index (κ1) is 21.9. The van der Waals surface area contributed by atoms with E-state index in [2.05, 4.69) is 20.9 Å². The van der Waals surface area contributed by atoms with Crippen LogP contribution in [0.25, 0.3) is 0 Å². The van der Waals surface area contributed by atoms with E-state index in [0.717, 1.165) is 12.1 Å². The van der Waals surface area contributed by atoms with Crippen molar-refractivity contribution in [1.82, 2.24) is 16.2 Å². The lowest BCUT2D eigenvalue weighted by Gasteiger charge is -2.17. The maximum Gasteiger partial charge on any atom is 0.461 e. The van der Waals surface area contributed by atoms with Gasteiger partial charge >= 0.3 is 12.5 Å². The molecule has 0 aromatic heterocycles. The zero-order chi connectivity index (χ0) is 19.6. The highest BCUT2D eigenvalue weighted by molar-refractivity contribution is 7.80. The third-order valence-electron chi connectivity index (χ3n) is 2.85. The number of carbonyl (C=O) groups excluding carboxylic acids is 1. The Morgan fingerprint density at radius 3 is 2.69 bits per heavy atom. The Labute approximate surface area is 153 Å². The molecule has 0 saturated heterocycles. The third-order valence-corrected chi connectivity index (χ3v) is 3.10. The summed E-state index contributed by atoms with van der Waals surface area (Å²) in [5.41, 5.74) is 4.59. The van der Waals surface area contributed by atoms with Crippen molar-refractivity contribution in [2.24, 2.45) is 0 Å². The summed E-state index contributed by atoms with van der Waals surface area (Å²) in [5, 5.41) is 2.97. The summed E-state index contributed by atoms with van der Waals surface area (Å²) in [6, 6.07) is 4.45. The van der Waals surface area contributed by atoms with Gasteiger partial charge < -0.3 is 14.8 Å². The first-order chi connectivity index (χ1) is 12.3. The Bertz CT molecular complexity index is 605. The van der Waals surface area contributed by atoms with Gasteiger partial charge in [0.05, 0.1) is 0 Å². The highest BCUT2D eigenvalue weighted by Crippen LogP contribution is 2.27. The second-order valence-corrected chi connectivity index (χ2v) is 5.29. The summed E-state index contributed by atoms with van der Waals surface area (Å²) in [6.07, 6.45) is -7.94. The Morgan fingerprint density at radius 1 is 1.31 bits per heavy atom. The van der Waals surface area contributed by atoms with Crippen molar-refractivity contribution >= 4 is 23.2 Å². The van der Waals surface area contributed by atoms with Crippen molar-refractivity contribution in [2.75, 3.05) is 19.8 Å². The highest BCUT2D eigenvalue weighted by Gasteiger charge is 2.44. The zero-order valence-corrected chi connectivity index (χ0v) is 14.7. The van der Waals surface area contributed by atoms with Crippen LogP contribution in [0.4, 0.5) is 17.6 Å². The molecular weight excluding hydrogens is 378 g/mol. The summed E-state index contributed by atoms with van der Waals surface area (Å²) in [5.74, 6) is -1.28. The molecule has 0 unspecified atom stereocenters. The van der Waals surface area contributed by atoms with Crippen LogP contribution in [-0.2, 0) is 4.74 Å². The van der Waals surface area contributed by atoms with Gasteiger partial charge in [-0.25, -0.2) is 0 Å². The van der Waals surface area contributed by atoms with Crippen LogP contribution >= 0.6 is 12.2 Å². The lowest BCUT2D eigenvalue weighted by atomic mass is 10.2. The van der Waals surface area contributed by atoms with Crippen LogP contribution in [0.2, 0.25) is 0 Å². The molecule has 6 nitrogen and oxygen atoms in total. The van der Waals surface area contributed by atoms with Crippen LogP contribution in [0.1, 0.15) is 23.7 Å². The topological polar surface area (TPSA) is 71.6 Å². The summed E-state index contributed by atoms with van der Waals surface area (Å²) < 4.78 is 59.2. The molecule has 0 bridgehead atoms. The first-order valence-electron chi connectivity index (χ1n) is 7.63. The monoisotopic (exact) mass is 397 g/mol. The molecule has 1 amide bonds. The summed E-state index contributed by atoms with van der Waals surface area (Å²) >= 11 is 4.94. The minimum Gasteiger partial charge on any atom is -0.428 e. The maximum atomic E-state index is 12.9. The molecule has 11 heteroatoms. The fourth-order valence-corrected chi connectivity index (χ4v) is 1.81. The van der Waals surface area contributed by atoms with Gasteiger partial charge in [0.15, 0.2) is 5.11 Å². The predicted molar refractivity (Wildman–Crippen MR) is 90.3 cm³/mol. The van der Waals surface area contributed by atoms with Gasteiger partial charge in [-0.05, 0) is 43.8 Å². The van der Waals surface area contributed by atoms with E-state index < -0.39 is 24.2 Å². The SMILES string of the molecule is CCOCCCNC(=S)NNC(=O)c1cccc(OC(F)(F)C(F)F)c1. The normalized spacial score (nSPS) is 11.2. The molecule has 0 atom stereocenters. The number of benzene rings is 1. The van der Waals surface area contributed by atoms with Crippen LogP contribution in [0, 0.1) is 0 Å². The van der Waals surface area contributed by atoms with E-state index in [1.54, 1.807) is 0 Å². The molecule has 3 N–H and O–H groups in total. The second-order valence-electron chi connectivity index (χ2n) is 4.88. The van der Waals surface area contributed by atoms with E-state index in [1.165, 1.54) is 12.1 Å². The molecule has 0 radical (unpaired) electrons. The average molecular weight is 397 g/mol. The lowest BCUT2D eigenvalue weighted by Crippen LogP contribution is -2.47. The number of hydrogen-bond donors (Lipinski definition) is 3. The smallest absolute Gasteiger partial charge is 0.428 e. The molecule has 0 aliphatic rings. The predicted octanol–water partition coefficient (Wildman–Crippen LogP) is 2.46. The van der Waals surface area contributed by atoms with E-state index in [-0.39, 0.29) is 10.7 Å². The van der Waals surface area contributed by atoms with E-state index in [4.69, 9.17) is 17.0 Å². The molecule has 1 rings (SSSR count). The van der Waals surface area contributed by atoms with Crippen molar-refractivity contribution in [1.29, 1.82) is 0 Å². The van der Waals surface area contributed by atoms with Gasteiger partial charge in [-0.1, -0.05) is 6.07 Å². The molecule has 26 heavy (non-hydrogen) atoms. The van der Waals surface area contributed by atoms with Crippen LogP contribution in [0.15, 0.2) is 24.3 Å². The van der Waals surface area contributed by atoms with E-state index in [1.807, 2.05) is 6.92 Å². The summed E-state index contributed by atoms with van der Waals surface area (Å²) in [7, 11) is 0. The largest absolute Gasteiger partial charge is 0.461 e. The minimum atomic E-state index is -4.65. The second kappa shape index (κ2) is 10.8. The molecule has 146 valence electrons. The van der Waals surface area contributed by atoms with Gasteiger partial charge in [-0.2, -0.15) is 17.6 Å². The fraction of sp³-hybridized carbons (Fsp3) is 0.467. The van der Waals surface area contributed by atoms with E-state index in [9.17, 15) is 22.4 Å². The van der Waals surface area contributed by atoms with Gasteiger partial charge in [0.1, 0.15) is 5.75 Å². The van der Waals surface area contributed by atoms with Gasteiger partial charge in [0.2, 0.25) is 0 Å². The molecule has 0 aliphatic heterocycles. The molecule has 0 aliphatic carbocycles. The third kappa shape index (κ3) is 7.83. The number of nitrogens with one attached hydrogen (secondary N) is 3. The van der Waals surface area contributed by atoms with Crippen molar-refractivity contribution in [3.8, 4) is 5.75 Å². The van der Waals surface area contributed by atoms with Crippen LogP contribution < -0.4 is 20.9 Å².